The van der Waals surface area contributed by atoms with Gasteiger partial charge in [-0.2, -0.15) is 18.3 Å². The van der Waals surface area contributed by atoms with Gasteiger partial charge < -0.3 is 9.15 Å². The monoisotopic (exact) mass is 380 g/mol. The summed E-state index contributed by atoms with van der Waals surface area (Å²) in [4.78, 5) is 0. The molecule has 0 aliphatic heterocycles. The third-order valence-corrected chi connectivity index (χ3v) is 4.14. The van der Waals surface area contributed by atoms with Crippen LogP contribution in [-0.4, -0.2) is 27.1 Å². The Balaban J connectivity index is 1.67. The Hall–Kier alpha value is -2.84. The standard InChI is InChI=1S/C18H19F3N4O2/c1-11(10-25-12(2)8-15(24-25)18(19,20)21)17-23-22-16(27-17)9-13-4-6-14(26-3)7-5-13/h4-8,11H,9-10H2,1-3H3. The van der Waals surface area contributed by atoms with Crippen molar-refractivity contribution in [3.05, 3.63) is 59.1 Å². The summed E-state index contributed by atoms with van der Waals surface area (Å²) in [5, 5.41) is 11.7. The van der Waals surface area contributed by atoms with E-state index < -0.39 is 11.9 Å². The Labute approximate surface area is 154 Å². The summed E-state index contributed by atoms with van der Waals surface area (Å²) in [6.45, 7) is 3.60. The third kappa shape index (κ3) is 4.47. The van der Waals surface area contributed by atoms with Crippen molar-refractivity contribution in [1.82, 2.24) is 20.0 Å². The van der Waals surface area contributed by atoms with E-state index in [2.05, 4.69) is 15.3 Å². The molecule has 1 unspecified atom stereocenters. The fourth-order valence-electron chi connectivity index (χ4n) is 2.63. The molecule has 3 aromatic rings. The number of halogens is 3. The Morgan fingerprint density at radius 2 is 1.89 bits per heavy atom. The van der Waals surface area contributed by atoms with Crippen molar-refractivity contribution in [2.75, 3.05) is 7.11 Å². The van der Waals surface area contributed by atoms with Crippen molar-refractivity contribution in [3.8, 4) is 5.75 Å². The highest BCUT2D eigenvalue weighted by Crippen LogP contribution is 2.29. The fourth-order valence-corrected chi connectivity index (χ4v) is 2.63. The first-order valence-corrected chi connectivity index (χ1v) is 8.33. The lowest BCUT2D eigenvalue weighted by atomic mass is 10.1. The minimum Gasteiger partial charge on any atom is -0.497 e. The second kappa shape index (κ2) is 7.42. The molecule has 0 saturated carbocycles. The maximum atomic E-state index is 12.8. The SMILES string of the molecule is COc1ccc(Cc2nnc(C(C)Cn3nc(C(F)(F)F)cc3C)o2)cc1. The van der Waals surface area contributed by atoms with E-state index in [1.54, 1.807) is 21.0 Å². The molecule has 2 aromatic heterocycles. The molecular weight excluding hydrogens is 361 g/mol. The lowest BCUT2D eigenvalue weighted by Crippen LogP contribution is -2.12. The van der Waals surface area contributed by atoms with Crippen molar-refractivity contribution in [1.29, 1.82) is 0 Å². The molecule has 1 atom stereocenters. The second-order valence-corrected chi connectivity index (χ2v) is 6.31. The van der Waals surface area contributed by atoms with E-state index >= 15 is 0 Å². The van der Waals surface area contributed by atoms with Gasteiger partial charge in [-0.05, 0) is 30.7 Å². The van der Waals surface area contributed by atoms with Crippen molar-refractivity contribution in [2.24, 2.45) is 0 Å². The van der Waals surface area contributed by atoms with Crippen LogP contribution in [0.25, 0.3) is 0 Å². The van der Waals surface area contributed by atoms with Gasteiger partial charge in [0.1, 0.15) is 5.75 Å². The zero-order chi connectivity index (χ0) is 19.6. The van der Waals surface area contributed by atoms with Gasteiger partial charge in [-0.25, -0.2) is 0 Å². The molecule has 0 N–H and O–H groups in total. The summed E-state index contributed by atoms with van der Waals surface area (Å²) in [6, 6.07) is 8.51. The number of hydrogen-bond donors (Lipinski definition) is 0. The van der Waals surface area contributed by atoms with Crippen LogP contribution in [0.3, 0.4) is 0 Å². The van der Waals surface area contributed by atoms with Gasteiger partial charge >= 0.3 is 6.18 Å². The summed E-state index contributed by atoms with van der Waals surface area (Å²) in [5.74, 6) is 1.28. The average Bonchev–Trinajstić information content (AvgIpc) is 3.23. The molecule has 6 nitrogen and oxygen atoms in total. The van der Waals surface area contributed by atoms with Crippen molar-refractivity contribution >= 4 is 0 Å². The first-order valence-electron chi connectivity index (χ1n) is 8.33. The molecule has 0 saturated heterocycles. The molecule has 9 heteroatoms. The lowest BCUT2D eigenvalue weighted by molar-refractivity contribution is -0.141. The first-order chi connectivity index (χ1) is 12.8. The summed E-state index contributed by atoms with van der Waals surface area (Å²) in [6.07, 6.45) is -4.00. The molecule has 0 bridgehead atoms. The molecule has 1 aromatic carbocycles. The summed E-state index contributed by atoms with van der Waals surface area (Å²) < 4.78 is 50.4. The van der Waals surface area contributed by atoms with Gasteiger partial charge in [0.2, 0.25) is 11.8 Å². The van der Waals surface area contributed by atoms with E-state index in [0.29, 0.717) is 23.9 Å². The van der Waals surface area contributed by atoms with E-state index in [1.807, 2.05) is 24.3 Å². The van der Waals surface area contributed by atoms with Crippen LogP contribution in [0.4, 0.5) is 13.2 Å². The van der Waals surface area contributed by atoms with E-state index in [4.69, 9.17) is 9.15 Å². The predicted octanol–water partition coefficient (Wildman–Crippen LogP) is 4.00. The topological polar surface area (TPSA) is 66.0 Å². The largest absolute Gasteiger partial charge is 0.497 e. The third-order valence-electron chi connectivity index (χ3n) is 4.14. The highest BCUT2D eigenvalue weighted by atomic mass is 19.4. The molecule has 2 heterocycles. The maximum absolute atomic E-state index is 12.8. The molecule has 0 aliphatic rings. The fraction of sp³-hybridized carbons (Fsp3) is 0.389. The average molecular weight is 380 g/mol. The highest BCUT2D eigenvalue weighted by Gasteiger charge is 2.34. The quantitative estimate of drug-likeness (QED) is 0.647. The smallest absolute Gasteiger partial charge is 0.435 e. The van der Waals surface area contributed by atoms with Gasteiger partial charge in [-0.15, -0.1) is 10.2 Å². The Kier molecular flexibility index (Phi) is 5.20. The number of aryl methyl sites for hydroxylation is 1. The van der Waals surface area contributed by atoms with Gasteiger partial charge in [0.05, 0.1) is 26.0 Å². The van der Waals surface area contributed by atoms with Crippen LogP contribution < -0.4 is 4.74 Å². The predicted molar refractivity (Wildman–Crippen MR) is 90.5 cm³/mol. The van der Waals surface area contributed by atoms with Gasteiger partial charge in [0, 0.05) is 5.69 Å². The molecular formula is C18H19F3N4O2. The van der Waals surface area contributed by atoms with Crippen molar-refractivity contribution in [3.63, 3.8) is 0 Å². The van der Waals surface area contributed by atoms with Crippen molar-refractivity contribution in [2.45, 2.75) is 38.9 Å². The number of ether oxygens (including phenoxy) is 1. The number of nitrogens with zero attached hydrogens (tertiary/aromatic N) is 4. The van der Waals surface area contributed by atoms with Crippen LogP contribution in [-0.2, 0) is 19.1 Å². The van der Waals surface area contributed by atoms with Crippen LogP contribution in [0.15, 0.2) is 34.7 Å². The zero-order valence-corrected chi connectivity index (χ0v) is 15.1. The molecule has 0 radical (unpaired) electrons. The van der Waals surface area contributed by atoms with Crippen molar-refractivity contribution < 1.29 is 22.3 Å². The van der Waals surface area contributed by atoms with E-state index in [-0.39, 0.29) is 12.5 Å². The van der Waals surface area contributed by atoms with Gasteiger partial charge in [0.25, 0.3) is 0 Å². The lowest BCUT2D eigenvalue weighted by Gasteiger charge is -2.09. The van der Waals surface area contributed by atoms with Crippen LogP contribution in [0.1, 0.15) is 41.6 Å². The molecule has 0 aliphatic carbocycles. The number of methoxy groups -OCH3 is 1. The number of rotatable bonds is 6. The van der Waals surface area contributed by atoms with E-state index in [9.17, 15) is 13.2 Å². The van der Waals surface area contributed by atoms with Crippen LogP contribution in [0, 0.1) is 6.92 Å². The summed E-state index contributed by atoms with van der Waals surface area (Å²) in [7, 11) is 1.60. The Bertz CT molecular complexity index is 900. The minimum atomic E-state index is -4.46. The maximum Gasteiger partial charge on any atom is 0.435 e. The van der Waals surface area contributed by atoms with Gasteiger partial charge in [-0.1, -0.05) is 19.1 Å². The highest BCUT2D eigenvalue weighted by molar-refractivity contribution is 5.28. The number of aromatic nitrogens is 4. The summed E-state index contributed by atoms with van der Waals surface area (Å²) >= 11 is 0. The van der Waals surface area contributed by atoms with Crippen LogP contribution in [0.2, 0.25) is 0 Å². The van der Waals surface area contributed by atoms with Gasteiger partial charge in [0.15, 0.2) is 5.69 Å². The Morgan fingerprint density at radius 3 is 2.48 bits per heavy atom. The zero-order valence-electron chi connectivity index (χ0n) is 15.1. The molecule has 3 rings (SSSR count). The minimum absolute atomic E-state index is 0.214. The van der Waals surface area contributed by atoms with Gasteiger partial charge in [-0.3, -0.25) is 4.68 Å². The number of benzene rings is 1. The molecule has 27 heavy (non-hydrogen) atoms. The second-order valence-electron chi connectivity index (χ2n) is 6.31. The van der Waals surface area contributed by atoms with E-state index in [0.717, 1.165) is 17.4 Å². The molecule has 0 amide bonds. The number of alkyl halides is 3. The first kappa shape index (κ1) is 18.9. The molecule has 0 spiro atoms. The summed E-state index contributed by atoms with van der Waals surface area (Å²) in [5.41, 5.74) is 0.501. The Morgan fingerprint density at radius 1 is 1.19 bits per heavy atom. The van der Waals surface area contributed by atoms with E-state index in [1.165, 1.54) is 4.68 Å². The van der Waals surface area contributed by atoms with Crippen LogP contribution >= 0.6 is 0 Å². The molecule has 144 valence electrons. The molecule has 0 fully saturated rings. The normalized spacial score (nSPS) is 13.0. The number of hydrogen-bond acceptors (Lipinski definition) is 5. The van der Waals surface area contributed by atoms with Crippen LogP contribution in [0.5, 0.6) is 5.75 Å².